The van der Waals surface area contributed by atoms with E-state index >= 15 is 4.79 Å². The van der Waals surface area contributed by atoms with Crippen LogP contribution >= 0.6 is 0 Å². The summed E-state index contributed by atoms with van der Waals surface area (Å²) < 4.78 is 15.3. The number of carbonyl (C=O) groups is 3. The van der Waals surface area contributed by atoms with Gasteiger partial charge in [0.25, 0.3) is 11.8 Å². The highest BCUT2D eigenvalue weighted by molar-refractivity contribution is 6.14. The van der Waals surface area contributed by atoms with Gasteiger partial charge in [0.05, 0.1) is 30.4 Å². The summed E-state index contributed by atoms with van der Waals surface area (Å²) in [7, 11) is 3.77. The number of aromatic nitrogens is 2. The van der Waals surface area contributed by atoms with Crippen molar-refractivity contribution >= 4 is 23.4 Å². The number of hydrogen-bond acceptors (Lipinski definition) is 8. The lowest BCUT2D eigenvalue weighted by Gasteiger charge is -2.39. The Morgan fingerprint density at radius 3 is 2.29 bits per heavy atom. The minimum Gasteiger partial charge on any atom is -0.508 e. The van der Waals surface area contributed by atoms with E-state index in [1.54, 1.807) is 12.1 Å². The number of benzene rings is 4. The van der Waals surface area contributed by atoms with Gasteiger partial charge in [-0.15, -0.1) is 0 Å². The molecule has 10 rings (SSSR count). The van der Waals surface area contributed by atoms with Crippen molar-refractivity contribution in [2.24, 2.45) is 14.1 Å². The van der Waals surface area contributed by atoms with Gasteiger partial charge in [0.15, 0.2) is 0 Å². The van der Waals surface area contributed by atoms with E-state index in [0.29, 0.717) is 83.2 Å². The number of rotatable bonds is 13. The van der Waals surface area contributed by atoms with E-state index < -0.39 is 0 Å². The fourth-order valence-electron chi connectivity index (χ4n) is 10.9. The van der Waals surface area contributed by atoms with Crippen LogP contribution in [0.4, 0.5) is 5.69 Å². The Balaban J connectivity index is 1.06. The van der Waals surface area contributed by atoms with Crippen LogP contribution in [0, 0.1) is 25.2 Å². The van der Waals surface area contributed by atoms with E-state index in [1.807, 2.05) is 84.4 Å². The maximum Gasteiger partial charge on any atom is 0.258 e. The van der Waals surface area contributed by atoms with Crippen LogP contribution in [-0.2, 0) is 56.0 Å². The minimum absolute atomic E-state index is 0.00852. The molecule has 4 aliphatic heterocycles. The maximum atomic E-state index is 16.0. The van der Waals surface area contributed by atoms with Crippen LogP contribution < -0.4 is 10.1 Å². The van der Waals surface area contributed by atoms with Crippen molar-refractivity contribution in [3.63, 3.8) is 0 Å². The molecule has 0 spiro atoms. The van der Waals surface area contributed by atoms with E-state index in [-0.39, 0.29) is 42.0 Å². The number of likely N-dealkylation sites (tertiary alicyclic amines) is 1. The average Bonchev–Trinajstić information content (AvgIpc) is 4.05. The smallest absolute Gasteiger partial charge is 0.258 e. The van der Waals surface area contributed by atoms with Gasteiger partial charge in [-0.1, -0.05) is 36.4 Å². The molecule has 13 heteroatoms. The number of aromatic hydroxyl groups is 1. The molecule has 0 saturated carbocycles. The third-order valence-electron chi connectivity index (χ3n) is 15.2. The molecule has 2 aromatic heterocycles. The number of carbonyl (C=O) groups excluding carboxylic acids is 3. The molecule has 0 radical (unpaired) electrons. The molecule has 6 heterocycles. The van der Waals surface area contributed by atoms with Gasteiger partial charge in [-0.2, -0.15) is 5.26 Å². The number of nitriles is 1. The average molecular weight is 940 g/mol. The van der Waals surface area contributed by atoms with Crippen molar-refractivity contribution in [3.8, 4) is 40.0 Å². The van der Waals surface area contributed by atoms with E-state index in [2.05, 4.69) is 45.5 Å². The molecule has 2 saturated heterocycles. The number of nitrogens with one attached hydrogen (secondary N) is 1. The van der Waals surface area contributed by atoms with Gasteiger partial charge in [-0.3, -0.25) is 14.4 Å². The van der Waals surface area contributed by atoms with Crippen molar-refractivity contribution in [1.29, 1.82) is 5.26 Å². The summed E-state index contributed by atoms with van der Waals surface area (Å²) in [6, 6.07) is 30.7. The first-order valence-corrected chi connectivity index (χ1v) is 24.7. The van der Waals surface area contributed by atoms with Gasteiger partial charge in [-0.05, 0) is 141 Å². The Morgan fingerprint density at radius 1 is 0.843 bits per heavy atom. The molecule has 2 N–H and O–H groups in total. The number of fused-ring (bicyclic) bond motifs is 2. The van der Waals surface area contributed by atoms with E-state index in [4.69, 9.17) is 9.47 Å². The molecular formula is C57H61N7O6. The van der Waals surface area contributed by atoms with Crippen LogP contribution in [0.15, 0.2) is 91.0 Å². The maximum absolute atomic E-state index is 16.0. The molecule has 6 aromatic rings. The van der Waals surface area contributed by atoms with Crippen molar-refractivity contribution in [2.75, 3.05) is 44.7 Å². The molecule has 2 fully saturated rings. The van der Waals surface area contributed by atoms with Gasteiger partial charge >= 0.3 is 0 Å². The van der Waals surface area contributed by atoms with Crippen LogP contribution in [0.2, 0.25) is 0 Å². The molecule has 1 unspecified atom stereocenters. The minimum atomic E-state index is -0.360. The molecular weight excluding hydrogens is 879 g/mol. The molecule has 70 heavy (non-hydrogen) atoms. The summed E-state index contributed by atoms with van der Waals surface area (Å²) in [6.07, 6.45) is 6.05. The quantitative estimate of drug-likeness (QED) is 0.110. The summed E-state index contributed by atoms with van der Waals surface area (Å²) in [5.74, 6) is 0.393. The second-order valence-electron chi connectivity index (χ2n) is 19.5. The van der Waals surface area contributed by atoms with Crippen LogP contribution in [-0.4, -0.2) is 98.2 Å². The zero-order valence-electron chi connectivity index (χ0n) is 40.6. The number of hydrogen-bond donors (Lipinski definition) is 2. The first-order valence-electron chi connectivity index (χ1n) is 24.7. The summed E-state index contributed by atoms with van der Waals surface area (Å²) >= 11 is 0. The lowest BCUT2D eigenvalue weighted by atomic mass is 9.87. The van der Waals surface area contributed by atoms with E-state index in [9.17, 15) is 20.0 Å². The Bertz CT molecular complexity index is 3010. The summed E-state index contributed by atoms with van der Waals surface area (Å²) in [6.45, 7) is 9.34. The number of phenols is 1. The molecule has 4 aliphatic rings. The van der Waals surface area contributed by atoms with Crippen LogP contribution in [0.5, 0.6) is 11.5 Å². The van der Waals surface area contributed by atoms with E-state index in [0.717, 1.165) is 92.0 Å². The third-order valence-corrected chi connectivity index (χ3v) is 15.2. The Hall–Kier alpha value is -7.14. The SMILES string of the molecule is Cc1c(-c2c(C(=O)Nc3ccc(O)cc3)c(C)n(C)c2-c2cc3c(cc2C(=O)N2Cc4ccccc4C[C@H]2CN2CCCC2)CN(C(=O)Cc2ccc(OCCC4CCO4)cc2)CC3)cc(C#N)n1C. The highest BCUT2D eigenvalue weighted by atomic mass is 16.5. The number of nitrogens with zero attached hydrogens (tertiary/aromatic N) is 6. The van der Waals surface area contributed by atoms with Crippen LogP contribution in [0.3, 0.4) is 0 Å². The highest BCUT2D eigenvalue weighted by Gasteiger charge is 2.37. The van der Waals surface area contributed by atoms with E-state index in [1.165, 1.54) is 17.7 Å². The van der Waals surface area contributed by atoms with Crippen LogP contribution in [0.25, 0.3) is 22.4 Å². The first kappa shape index (κ1) is 46.6. The van der Waals surface area contributed by atoms with Crippen molar-refractivity contribution in [2.45, 2.75) is 84.0 Å². The molecule has 360 valence electrons. The molecule has 4 aromatic carbocycles. The molecule has 0 aliphatic carbocycles. The predicted molar refractivity (Wildman–Crippen MR) is 269 cm³/mol. The zero-order chi connectivity index (χ0) is 48.6. The topological polar surface area (TPSA) is 145 Å². The Morgan fingerprint density at radius 2 is 1.59 bits per heavy atom. The van der Waals surface area contributed by atoms with Crippen LogP contribution in [0.1, 0.15) is 91.3 Å². The monoisotopic (exact) mass is 939 g/mol. The highest BCUT2D eigenvalue weighted by Crippen LogP contribution is 2.44. The molecule has 2 atom stereocenters. The van der Waals surface area contributed by atoms with Gasteiger partial charge in [0.1, 0.15) is 23.3 Å². The standard InChI is InChI=1S/C57H61N7O6/c1-36-49(31-44(32-58)60(36)3)54-53(56(67)59-43-13-15-46(65)16-14-43)37(2)61(4)55(54)50-29-40-19-24-63(52(66)27-38-11-17-47(18-12-38)69-25-20-48-21-26-70-48)33-42(40)30-51(50)57(68)64-34-41-10-6-5-9-39(41)28-45(64)35-62-22-7-8-23-62/h5-6,9-18,29-31,45,48,65H,7-8,19-28,33-35H2,1-4H3,(H,59,67)/t45-,48?/m0/s1. The molecule has 0 bridgehead atoms. The fraction of sp³-hybridized carbons (Fsp3) is 0.368. The second-order valence-corrected chi connectivity index (χ2v) is 19.5. The van der Waals surface area contributed by atoms with Gasteiger partial charge in [0, 0.05) is 98.7 Å². The number of ether oxygens (including phenoxy) is 2. The zero-order valence-corrected chi connectivity index (χ0v) is 40.6. The lowest BCUT2D eigenvalue weighted by molar-refractivity contribution is -0.131. The third kappa shape index (κ3) is 9.21. The first-order chi connectivity index (χ1) is 33.9. The largest absolute Gasteiger partial charge is 0.508 e. The van der Waals surface area contributed by atoms with Gasteiger partial charge in [-0.25, -0.2) is 0 Å². The van der Waals surface area contributed by atoms with Gasteiger partial charge < -0.3 is 43.7 Å². The summed E-state index contributed by atoms with van der Waals surface area (Å²) in [5, 5.41) is 23.4. The Labute approximate surface area is 409 Å². The normalized spacial score (nSPS) is 17.6. The molecule has 13 nitrogen and oxygen atoms in total. The van der Waals surface area contributed by atoms with Gasteiger partial charge in [0.2, 0.25) is 5.91 Å². The number of amides is 3. The van der Waals surface area contributed by atoms with Crippen molar-refractivity contribution < 1.29 is 29.0 Å². The fourth-order valence-corrected chi connectivity index (χ4v) is 10.9. The van der Waals surface area contributed by atoms with Crippen molar-refractivity contribution in [3.05, 3.63) is 147 Å². The summed E-state index contributed by atoms with van der Waals surface area (Å²) in [4.78, 5) is 51.3. The van der Waals surface area contributed by atoms with Crippen molar-refractivity contribution in [1.82, 2.24) is 23.8 Å². The lowest BCUT2D eigenvalue weighted by Crippen LogP contribution is -2.49. The number of phenolic OH excluding ortho intramolecular Hbond substituents is 1. The number of anilines is 1. The second kappa shape index (κ2) is 19.7. The summed E-state index contributed by atoms with van der Waals surface area (Å²) in [5.41, 5.74) is 11.3. The molecule has 3 amide bonds. The Kier molecular flexibility index (Phi) is 13.1. The predicted octanol–water partition coefficient (Wildman–Crippen LogP) is 8.49.